The summed E-state index contributed by atoms with van der Waals surface area (Å²) >= 11 is 3.47. The van der Waals surface area contributed by atoms with E-state index in [0.717, 1.165) is 47.1 Å². The Balaban J connectivity index is 1.48. The fraction of sp³-hybridized carbons (Fsp3) is 0.500. The molecule has 3 nitrogen and oxygen atoms in total. The minimum absolute atomic E-state index is 0.0390. The third kappa shape index (κ3) is 2.38. The molecule has 24 heavy (non-hydrogen) atoms. The van der Waals surface area contributed by atoms with Crippen LogP contribution in [-0.2, 0) is 9.53 Å². The molecule has 4 bridgehead atoms. The Labute approximate surface area is 150 Å². The van der Waals surface area contributed by atoms with Gasteiger partial charge in [-0.1, -0.05) is 28.1 Å². The molecule has 0 spiro atoms. The molecule has 0 amide bonds. The molecule has 4 saturated carbocycles. The number of halogens is 1. The predicted octanol–water partition coefficient (Wildman–Crippen LogP) is 4.96. The molecule has 0 radical (unpaired) electrons. The van der Waals surface area contributed by atoms with Crippen molar-refractivity contribution in [2.75, 3.05) is 0 Å². The topological polar surface area (TPSA) is 38.7 Å². The van der Waals surface area contributed by atoms with Gasteiger partial charge in [0.25, 0.3) is 0 Å². The minimum atomic E-state index is -0.291. The van der Waals surface area contributed by atoms with Crippen LogP contribution in [-0.4, -0.2) is 11.9 Å². The molecule has 0 atom stereocenters. The molecule has 4 heteroatoms. The Morgan fingerprint density at radius 3 is 2.42 bits per heavy atom. The van der Waals surface area contributed by atoms with Crippen molar-refractivity contribution in [1.29, 1.82) is 0 Å². The van der Waals surface area contributed by atoms with E-state index in [1.54, 1.807) is 0 Å². The highest BCUT2D eigenvalue weighted by Crippen LogP contribution is 2.61. The van der Waals surface area contributed by atoms with Gasteiger partial charge in [-0.3, -0.25) is 0 Å². The molecule has 1 heterocycles. The van der Waals surface area contributed by atoms with E-state index in [4.69, 9.17) is 4.74 Å². The smallest absolute Gasteiger partial charge is 0.363 e. The van der Waals surface area contributed by atoms with E-state index in [0.29, 0.717) is 11.6 Å². The second-order valence-electron chi connectivity index (χ2n) is 8.09. The Hall–Kier alpha value is -1.42. The fourth-order valence-electron chi connectivity index (χ4n) is 5.76. The van der Waals surface area contributed by atoms with Gasteiger partial charge in [-0.15, -0.1) is 0 Å². The third-order valence-corrected chi connectivity index (χ3v) is 6.76. The van der Waals surface area contributed by atoms with Gasteiger partial charge in [0.1, 0.15) is 0 Å². The van der Waals surface area contributed by atoms with Crippen LogP contribution in [0.15, 0.2) is 39.4 Å². The Morgan fingerprint density at radius 1 is 1.12 bits per heavy atom. The van der Waals surface area contributed by atoms with E-state index in [-0.39, 0.29) is 11.4 Å². The van der Waals surface area contributed by atoms with Crippen LogP contribution in [0.4, 0.5) is 0 Å². The van der Waals surface area contributed by atoms with Gasteiger partial charge < -0.3 is 4.74 Å². The lowest BCUT2D eigenvalue weighted by molar-refractivity contribution is -0.131. The average molecular weight is 386 g/mol. The number of hydrogen-bond acceptors (Lipinski definition) is 3. The summed E-state index contributed by atoms with van der Waals surface area (Å²) in [4.78, 5) is 17.0. The maximum atomic E-state index is 12.4. The Morgan fingerprint density at radius 2 is 1.79 bits per heavy atom. The van der Waals surface area contributed by atoms with Crippen molar-refractivity contribution in [3.05, 3.63) is 40.0 Å². The number of rotatable bonds is 2. The number of ether oxygens (including phenoxy) is 1. The van der Waals surface area contributed by atoms with E-state index < -0.39 is 0 Å². The number of aliphatic imine (C=N–C) groups is 1. The van der Waals surface area contributed by atoms with Crippen LogP contribution in [0, 0.1) is 23.2 Å². The van der Waals surface area contributed by atoms with Gasteiger partial charge in [-0.05, 0) is 80.1 Å². The summed E-state index contributed by atoms with van der Waals surface area (Å²) in [7, 11) is 0. The lowest BCUT2D eigenvalue weighted by atomic mass is 9.49. The lowest BCUT2D eigenvalue weighted by Gasteiger charge is -2.55. The van der Waals surface area contributed by atoms with Gasteiger partial charge in [-0.25, -0.2) is 9.79 Å². The fourth-order valence-corrected chi connectivity index (χ4v) is 6.18. The molecule has 0 N–H and O–H groups in total. The molecule has 0 unspecified atom stereocenters. The van der Waals surface area contributed by atoms with E-state index in [2.05, 4.69) is 20.9 Å². The van der Waals surface area contributed by atoms with Crippen molar-refractivity contribution >= 4 is 33.9 Å². The van der Waals surface area contributed by atoms with Crippen LogP contribution < -0.4 is 0 Å². The monoisotopic (exact) mass is 385 g/mol. The molecular formula is C20H20BrNO2. The van der Waals surface area contributed by atoms with Gasteiger partial charge in [0.2, 0.25) is 5.90 Å². The maximum Gasteiger partial charge on any atom is 0.363 e. The molecule has 1 aliphatic heterocycles. The van der Waals surface area contributed by atoms with Gasteiger partial charge in [0.15, 0.2) is 5.70 Å². The van der Waals surface area contributed by atoms with E-state index in [1.165, 1.54) is 19.3 Å². The molecule has 0 saturated heterocycles. The molecule has 4 aliphatic carbocycles. The van der Waals surface area contributed by atoms with E-state index in [9.17, 15) is 4.79 Å². The minimum Gasteiger partial charge on any atom is -0.406 e. The maximum absolute atomic E-state index is 12.4. The van der Waals surface area contributed by atoms with Gasteiger partial charge in [-0.2, -0.15) is 0 Å². The molecule has 124 valence electrons. The summed E-state index contributed by atoms with van der Waals surface area (Å²) in [6.45, 7) is 0. The van der Waals surface area contributed by atoms with Crippen LogP contribution in [0.2, 0.25) is 0 Å². The SMILES string of the molecule is O=C1OC(C23CC4CC(CC(C4)C2)C3)=N/C1=C\c1cccc(Br)c1. The average Bonchev–Trinajstić information content (AvgIpc) is 2.88. The number of carbonyl (C=O) groups is 1. The second kappa shape index (κ2) is 5.29. The van der Waals surface area contributed by atoms with Crippen LogP contribution in [0.5, 0.6) is 0 Å². The summed E-state index contributed by atoms with van der Waals surface area (Å²) in [6.07, 6.45) is 9.45. The van der Waals surface area contributed by atoms with E-state index >= 15 is 0 Å². The molecule has 5 aliphatic rings. The Kier molecular flexibility index (Phi) is 3.28. The van der Waals surface area contributed by atoms with Crippen molar-refractivity contribution in [2.24, 2.45) is 28.2 Å². The van der Waals surface area contributed by atoms with Crippen molar-refractivity contribution < 1.29 is 9.53 Å². The van der Waals surface area contributed by atoms with Gasteiger partial charge in [0.05, 0.1) is 0 Å². The second-order valence-corrected chi connectivity index (χ2v) is 9.00. The van der Waals surface area contributed by atoms with Crippen molar-refractivity contribution in [2.45, 2.75) is 38.5 Å². The molecule has 1 aromatic carbocycles. The van der Waals surface area contributed by atoms with Crippen molar-refractivity contribution in [3.8, 4) is 0 Å². The van der Waals surface area contributed by atoms with E-state index in [1.807, 2.05) is 30.3 Å². The van der Waals surface area contributed by atoms with Crippen molar-refractivity contribution in [1.82, 2.24) is 0 Å². The van der Waals surface area contributed by atoms with Crippen LogP contribution in [0.1, 0.15) is 44.1 Å². The van der Waals surface area contributed by atoms with Crippen molar-refractivity contribution in [3.63, 3.8) is 0 Å². The zero-order valence-corrected chi connectivity index (χ0v) is 15.1. The molecule has 1 aromatic rings. The highest BCUT2D eigenvalue weighted by atomic mass is 79.9. The predicted molar refractivity (Wildman–Crippen MR) is 96.3 cm³/mol. The highest BCUT2D eigenvalue weighted by Gasteiger charge is 2.55. The zero-order valence-electron chi connectivity index (χ0n) is 13.5. The number of nitrogens with zero attached hydrogens (tertiary/aromatic N) is 1. The normalized spacial score (nSPS) is 38.5. The highest BCUT2D eigenvalue weighted by molar-refractivity contribution is 9.10. The summed E-state index contributed by atoms with van der Waals surface area (Å²) in [5.41, 5.74) is 1.45. The first-order valence-electron chi connectivity index (χ1n) is 8.88. The number of cyclic esters (lactones) is 1. The number of esters is 1. The van der Waals surface area contributed by atoms with Gasteiger partial charge >= 0.3 is 5.97 Å². The van der Waals surface area contributed by atoms with Crippen LogP contribution >= 0.6 is 15.9 Å². The van der Waals surface area contributed by atoms with Crippen LogP contribution in [0.25, 0.3) is 6.08 Å². The standard InChI is InChI=1S/C20H20BrNO2/c21-16-3-1-2-12(7-16)8-17-18(23)24-19(22-17)20-9-13-4-14(10-20)6-15(5-13)11-20/h1-3,7-8,13-15H,4-6,9-11H2/b17-8-. The molecule has 0 aromatic heterocycles. The molecule has 6 rings (SSSR count). The number of carbonyl (C=O) groups excluding carboxylic acids is 1. The Bertz CT molecular complexity index is 744. The summed E-state index contributed by atoms with van der Waals surface area (Å²) in [5.74, 6) is 2.87. The van der Waals surface area contributed by atoms with Crippen LogP contribution in [0.3, 0.4) is 0 Å². The molecular weight excluding hydrogens is 366 g/mol. The first-order valence-corrected chi connectivity index (χ1v) is 9.68. The first kappa shape index (κ1) is 14.9. The quantitative estimate of drug-likeness (QED) is 0.532. The first-order chi connectivity index (χ1) is 11.6. The summed E-state index contributed by atoms with van der Waals surface area (Å²) in [5, 5.41) is 0. The number of benzene rings is 1. The third-order valence-electron chi connectivity index (χ3n) is 6.26. The zero-order chi connectivity index (χ0) is 16.3. The largest absolute Gasteiger partial charge is 0.406 e. The molecule has 4 fully saturated rings. The number of hydrogen-bond donors (Lipinski definition) is 0. The lowest BCUT2D eigenvalue weighted by Crippen LogP contribution is -2.50. The van der Waals surface area contributed by atoms with Gasteiger partial charge in [0, 0.05) is 9.89 Å². The summed E-state index contributed by atoms with van der Waals surface area (Å²) < 4.78 is 6.69. The summed E-state index contributed by atoms with van der Waals surface area (Å²) in [6, 6.07) is 7.89.